The number of carbonyl (C=O) groups is 1. The molecule has 1 fully saturated rings. The van der Waals surface area contributed by atoms with Crippen molar-refractivity contribution in [3.8, 4) is 5.75 Å². The molecule has 4 heteroatoms. The van der Waals surface area contributed by atoms with Gasteiger partial charge in [-0.2, -0.15) is 0 Å². The van der Waals surface area contributed by atoms with Crippen LogP contribution in [-0.2, 0) is 11.3 Å². The number of nitrogens with zero attached hydrogens (tertiary/aromatic N) is 1. The summed E-state index contributed by atoms with van der Waals surface area (Å²) in [5, 5.41) is 5.34. The fourth-order valence-electron chi connectivity index (χ4n) is 3.00. The fourth-order valence-corrected chi connectivity index (χ4v) is 3.00. The highest BCUT2D eigenvalue weighted by Crippen LogP contribution is 2.23. The van der Waals surface area contributed by atoms with Crippen molar-refractivity contribution in [2.24, 2.45) is 0 Å². The van der Waals surface area contributed by atoms with Gasteiger partial charge in [-0.15, -0.1) is 0 Å². The molecule has 1 atom stereocenters. The van der Waals surface area contributed by atoms with Gasteiger partial charge in [-0.3, -0.25) is 9.69 Å². The van der Waals surface area contributed by atoms with Gasteiger partial charge in [-0.25, -0.2) is 0 Å². The summed E-state index contributed by atoms with van der Waals surface area (Å²) in [7, 11) is 1.69. The van der Waals surface area contributed by atoms with Gasteiger partial charge in [0.05, 0.1) is 7.11 Å². The lowest BCUT2D eigenvalue weighted by Crippen LogP contribution is -2.33. The normalized spacial score (nSPS) is 19.7. The monoisotopic (exact) mass is 298 g/mol. The largest absolute Gasteiger partial charge is 0.497 e. The molecule has 0 bridgehead atoms. The van der Waals surface area contributed by atoms with E-state index >= 15 is 0 Å². The van der Waals surface area contributed by atoms with Crippen molar-refractivity contribution >= 4 is 16.7 Å². The Balaban J connectivity index is 1.80. The van der Waals surface area contributed by atoms with Crippen LogP contribution in [0.4, 0.5) is 0 Å². The summed E-state index contributed by atoms with van der Waals surface area (Å²) in [6.07, 6.45) is 0.574. The lowest BCUT2D eigenvalue weighted by atomic mass is 10.1. The van der Waals surface area contributed by atoms with E-state index in [4.69, 9.17) is 4.74 Å². The van der Waals surface area contributed by atoms with Crippen LogP contribution in [0.25, 0.3) is 10.8 Å². The Morgan fingerprint density at radius 2 is 2.00 bits per heavy atom. The number of hydrogen-bond acceptors (Lipinski definition) is 3. The minimum absolute atomic E-state index is 0.153. The van der Waals surface area contributed by atoms with E-state index in [-0.39, 0.29) is 11.9 Å². The van der Waals surface area contributed by atoms with E-state index < -0.39 is 0 Å². The molecule has 0 radical (unpaired) electrons. The maximum atomic E-state index is 11.6. The predicted molar refractivity (Wildman–Crippen MR) is 88.0 cm³/mol. The molecular weight excluding hydrogens is 276 g/mol. The zero-order valence-corrected chi connectivity index (χ0v) is 13.1. The first-order valence-electron chi connectivity index (χ1n) is 7.73. The van der Waals surface area contributed by atoms with Crippen LogP contribution in [0.2, 0.25) is 0 Å². The predicted octanol–water partition coefficient (Wildman–Crippen LogP) is 2.56. The number of hydrogen-bond donors (Lipinski definition) is 1. The van der Waals surface area contributed by atoms with E-state index in [1.807, 2.05) is 6.07 Å². The molecule has 4 nitrogen and oxygen atoms in total. The van der Waals surface area contributed by atoms with Crippen molar-refractivity contribution in [1.82, 2.24) is 10.2 Å². The summed E-state index contributed by atoms with van der Waals surface area (Å²) in [5.74, 6) is 1.03. The van der Waals surface area contributed by atoms with E-state index in [2.05, 4.69) is 47.5 Å². The van der Waals surface area contributed by atoms with Crippen molar-refractivity contribution in [3.05, 3.63) is 42.0 Å². The number of nitrogens with one attached hydrogen (secondary N) is 1. The molecule has 1 amide bonds. The highest BCUT2D eigenvalue weighted by molar-refractivity contribution is 5.84. The molecule has 3 rings (SSSR count). The average molecular weight is 298 g/mol. The number of methoxy groups -OCH3 is 1. The molecule has 0 spiro atoms. The van der Waals surface area contributed by atoms with E-state index in [0.29, 0.717) is 6.42 Å². The number of benzene rings is 2. The van der Waals surface area contributed by atoms with Crippen molar-refractivity contribution in [1.29, 1.82) is 0 Å². The Bertz CT molecular complexity index is 684. The maximum Gasteiger partial charge on any atom is 0.221 e. The highest BCUT2D eigenvalue weighted by atomic mass is 16.5. The molecule has 1 aliphatic rings. The molecule has 1 aliphatic heterocycles. The molecule has 0 aromatic heterocycles. The summed E-state index contributed by atoms with van der Waals surface area (Å²) in [5.41, 5.74) is 1.28. The molecule has 1 unspecified atom stereocenters. The minimum Gasteiger partial charge on any atom is -0.497 e. The third kappa shape index (κ3) is 3.22. The zero-order chi connectivity index (χ0) is 15.5. The van der Waals surface area contributed by atoms with Gasteiger partial charge in [0, 0.05) is 32.1 Å². The maximum absolute atomic E-state index is 11.6. The van der Waals surface area contributed by atoms with Gasteiger partial charge in [0.1, 0.15) is 5.75 Å². The molecule has 116 valence electrons. The van der Waals surface area contributed by atoms with Crippen molar-refractivity contribution in [3.63, 3.8) is 0 Å². The van der Waals surface area contributed by atoms with Gasteiger partial charge < -0.3 is 10.1 Å². The summed E-state index contributed by atoms with van der Waals surface area (Å²) < 4.78 is 5.26. The average Bonchev–Trinajstić information content (AvgIpc) is 2.68. The fraction of sp³-hybridized carbons (Fsp3) is 0.389. The van der Waals surface area contributed by atoms with Gasteiger partial charge in [0.25, 0.3) is 0 Å². The van der Waals surface area contributed by atoms with Crippen LogP contribution in [0.15, 0.2) is 36.4 Å². The van der Waals surface area contributed by atoms with E-state index in [1.54, 1.807) is 7.11 Å². The van der Waals surface area contributed by atoms with Crippen LogP contribution in [0, 0.1) is 0 Å². The summed E-state index contributed by atoms with van der Waals surface area (Å²) in [4.78, 5) is 13.9. The number of amides is 1. The van der Waals surface area contributed by atoms with E-state index in [1.165, 1.54) is 16.3 Å². The number of ether oxygens (including phenoxy) is 1. The second-order valence-electron chi connectivity index (χ2n) is 5.92. The summed E-state index contributed by atoms with van der Waals surface area (Å²) in [6, 6.07) is 12.9. The second-order valence-corrected chi connectivity index (χ2v) is 5.92. The van der Waals surface area contributed by atoms with Gasteiger partial charge in [0.15, 0.2) is 0 Å². The summed E-state index contributed by atoms with van der Waals surface area (Å²) >= 11 is 0. The topological polar surface area (TPSA) is 41.6 Å². The molecule has 22 heavy (non-hydrogen) atoms. The molecule has 2 aromatic carbocycles. The van der Waals surface area contributed by atoms with Crippen LogP contribution < -0.4 is 10.1 Å². The van der Waals surface area contributed by atoms with Gasteiger partial charge in [-0.1, -0.05) is 18.2 Å². The molecule has 1 heterocycles. The lowest BCUT2D eigenvalue weighted by molar-refractivity contribution is -0.121. The molecule has 0 aliphatic carbocycles. The minimum atomic E-state index is 0.153. The number of fused-ring (bicyclic) bond motifs is 1. The van der Waals surface area contributed by atoms with E-state index in [0.717, 1.165) is 25.4 Å². The SMILES string of the molecule is COc1ccc2cc(CN3CCNC(=O)CC3C)ccc2c1. The third-order valence-electron chi connectivity index (χ3n) is 4.32. The standard InChI is InChI=1S/C18H22N2O2/c1-13-9-18(21)19-7-8-20(13)12-14-3-4-16-11-17(22-2)6-5-15(16)10-14/h3-6,10-11,13H,7-9,12H2,1-2H3,(H,19,21). The lowest BCUT2D eigenvalue weighted by Gasteiger charge is -2.26. The van der Waals surface area contributed by atoms with Crippen LogP contribution in [0.5, 0.6) is 5.75 Å². The van der Waals surface area contributed by atoms with Crippen molar-refractivity contribution in [2.75, 3.05) is 20.2 Å². The second kappa shape index (κ2) is 6.36. The Morgan fingerprint density at radius 3 is 2.82 bits per heavy atom. The first-order valence-corrected chi connectivity index (χ1v) is 7.73. The quantitative estimate of drug-likeness (QED) is 0.947. The Hall–Kier alpha value is -2.07. The number of rotatable bonds is 3. The first kappa shape index (κ1) is 14.9. The van der Waals surface area contributed by atoms with Crippen molar-refractivity contribution in [2.45, 2.75) is 25.9 Å². The Morgan fingerprint density at radius 1 is 1.23 bits per heavy atom. The molecular formula is C18H22N2O2. The van der Waals surface area contributed by atoms with Gasteiger partial charge in [0.2, 0.25) is 5.91 Å². The van der Waals surface area contributed by atoms with Gasteiger partial charge >= 0.3 is 0 Å². The van der Waals surface area contributed by atoms with Crippen LogP contribution in [-0.4, -0.2) is 37.0 Å². The Kier molecular flexibility index (Phi) is 4.29. The van der Waals surface area contributed by atoms with Crippen LogP contribution in [0.1, 0.15) is 18.9 Å². The van der Waals surface area contributed by atoms with Crippen molar-refractivity contribution < 1.29 is 9.53 Å². The van der Waals surface area contributed by atoms with Crippen LogP contribution >= 0.6 is 0 Å². The molecule has 0 saturated carbocycles. The number of carbonyl (C=O) groups excluding carboxylic acids is 1. The molecule has 2 aromatic rings. The summed E-state index contributed by atoms with van der Waals surface area (Å²) in [6.45, 7) is 4.62. The first-order chi connectivity index (χ1) is 10.7. The van der Waals surface area contributed by atoms with Gasteiger partial charge in [-0.05, 0) is 41.5 Å². The molecule has 1 N–H and O–H groups in total. The Labute approximate surface area is 131 Å². The molecule has 1 saturated heterocycles. The van der Waals surface area contributed by atoms with E-state index in [9.17, 15) is 4.79 Å². The van der Waals surface area contributed by atoms with Crippen LogP contribution in [0.3, 0.4) is 0 Å². The zero-order valence-electron chi connectivity index (χ0n) is 13.1. The third-order valence-corrected chi connectivity index (χ3v) is 4.32. The highest BCUT2D eigenvalue weighted by Gasteiger charge is 2.20. The smallest absolute Gasteiger partial charge is 0.221 e.